The number of rotatable bonds is 7. The van der Waals surface area contributed by atoms with Gasteiger partial charge in [-0.3, -0.25) is 4.79 Å². The fourth-order valence-electron chi connectivity index (χ4n) is 2.94. The van der Waals surface area contributed by atoms with Gasteiger partial charge < -0.3 is 20.5 Å². The molecule has 1 aliphatic rings. The van der Waals surface area contributed by atoms with Crippen molar-refractivity contribution in [2.24, 2.45) is 5.73 Å². The van der Waals surface area contributed by atoms with Gasteiger partial charge in [0.1, 0.15) is 5.75 Å². The van der Waals surface area contributed by atoms with Gasteiger partial charge in [-0.1, -0.05) is 12.1 Å². The van der Waals surface area contributed by atoms with Crippen LogP contribution < -0.4 is 15.8 Å². The van der Waals surface area contributed by atoms with Crippen molar-refractivity contribution in [1.82, 2.24) is 0 Å². The minimum atomic E-state index is -0.239. The number of primary amides is 1. The van der Waals surface area contributed by atoms with E-state index in [2.05, 4.69) is 17.4 Å². The maximum absolute atomic E-state index is 10.8. The van der Waals surface area contributed by atoms with Gasteiger partial charge in [-0.15, -0.1) is 0 Å². The molecule has 1 fully saturated rings. The minimum absolute atomic E-state index is 0.113. The summed E-state index contributed by atoms with van der Waals surface area (Å²) in [6, 6.07) is 8.31. The fraction of sp³-hybridized carbons (Fsp3) is 0.562. The van der Waals surface area contributed by atoms with Gasteiger partial charge >= 0.3 is 0 Å². The van der Waals surface area contributed by atoms with Crippen LogP contribution in [0.25, 0.3) is 0 Å². The molecule has 0 spiro atoms. The first-order valence-electron chi connectivity index (χ1n) is 7.48. The van der Waals surface area contributed by atoms with Crippen molar-refractivity contribution < 1.29 is 19.6 Å². The van der Waals surface area contributed by atoms with Crippen molar-refractivity contribution in [3.8, 4) is 5.75 Å². The van der Waals surface area contributed by atoms with Crippen molar-refractivity contribution >= 4 is 5.91 Å². The monoisotopic (exact) mass is 293 g/mol. The number of carbonyl (C=O) groups excluding carboxylic acids is 1. The SMILES string of the molecule is COc1ccc(C2(C[NH2+]CCC(N)=O)CCOCC2)cc1. The van der Waals surface area contributed by atoms with Crippen molar-refractivity contribution in [2.75, 3.05) is 33.4 Å². The number of quaternary nitrogens is 1. The van der Waals surface area contributed by atoms with Gasteiger partial charge in [0, 0.05) is 18.6 Å². The van der Waals surface area contributed by atoms with Gasteiger partial charge in [-0.25, -0.2) is 0 Å². The summed E-state index contributed by atoms with van der Waals surface area (Å²) in [4.78, 5) is 10.8. The lowest BCUT2D eigenvalue weighted by molar-refractivity contribution is -0.662. The van der Waals surface area contributed by atoms with E-state index in [1.807, 2.05) is 12.1 Å². The predicted octanol–water partition coefficient (Wildman–Crippen LogP) is 0.182. The highest BCUT2D eigenvalue weighted by molar-refractivity contribution is 5.73. The molecule has 0 radical (unpaired) electrons. The maximum Gasteiger partial charge on any atom is 0.223 e. The molecule has 1 saturated heterocycles. The molecular weight excluding hydrogens is 268 g/mol. The van der Waals surface area contributed by atoms with Crippen LogP contribution in [0, 0.1) is 0 Å². The number of ether oxygens (including phenoxy) is 2. The molecule has 0 saturated carbocycles. The highest BCUT2D eigenvalue weighted by Gasteiger charge is 2.36. The number of carbonyl (C=O) groups is 1. The Morgan fingerprint density at radius 3 is 2.57 bits per heavy atom. The molecule has 5 nitrogen and oxygen atoms in total. The topological polar surface area (TPSA) is 78.2 Å². The lowest BCUT2D eigenvalue weighted by Gasteiger charge is -2.36. The van der Waals surface area contributed by atoms with E-state index in [0.29, 0.717) is 6.42 Å². The standard InChI is InChI=1S/C16H24N2O3/c1-20-14-4-2-13(3-5-14)16(7-10-21-11-8-16)12-18-9-6-15(17)19/h2-5,18H,6-12H2,1H3,(H2,17,19)/p+1. The Morgan fingerprint density at radius 2 is 2.00 bits per heavy atom. The Morgan fingerprint density at radius 1 is 1.33 bits per heavy atom. The number of benzene rings is 1. The summed E-state index contributed by atoms with van der Waals surface area (Å²) >= 11 is 0. The first kappa shape index (κ1) is 15.8. The maximum atomic E-state index is 10.8. The lowest BCUT2D eigenvalue weighted by atomic mass is 9.74. The summed E-state index contributed by atoms with van der Waals surface area (Å²) in [6.07, 6.45) is 2.44. The third-order valence-corrected chi connectivity index (χ3v) is 4.28. The smallest absolute Gasteiger partial charge is 0.223 e. The zero-order chi connectivity index (χ0) is 15.1. The predicted molar refractivity (Wildman–Crippen MR) is 80.2 cm³/mol. The molecular formula is C16H25N2O3+. The Hall–Kier alpha value is -1.59. The Bertz CT molecular complexity index is 453. The van der Waals surface area contributed by atoms with Crippen LogP contribution in [0.15, 0.2) is 24.3 Å². The van der Waals surface area contributed by atoms with Gasteiger partial charge in [-0.05, 0) is 30.5 Å². The molecule has 5 heteroatoms. The Balaban J connectivity index is 2.06. The summed E-state index contributed by atoms with van der Waals surface area (Å²) < 4.78 is 10.8. The van der Waals surface area contributed by atoms with Crippen LogP contribution in [-0.4, -0.2) is 39.3 Å². The highest BCUT2D eigenvalue weighted by Crippen LogP contribution is 2.34. The molecule has 1 aliphatic heterocycles. The van der Waals surface area contributed by atoms with Gasteiger partial charge in [0.25, 0.3) is 0 Å². The molecule has 21 heavy (non-hydrogen) atoms. The average molecular weight is 293 g/mol. The molecule has 1 aromatic rings. The Labute approximate surface area is 125 Å². The lowest BCUT2D eigenvalue weighted by Crippen LogP contribution is -2.88. The number of methoxy groups -OCH3 is 1. The van der Waals surface area contributed by atoms with Gasteiger partial charge in [-0.2, -0.15) is 0 Å². The second-order valence-electron chi connectivity index (χ2n) is 5.62. The van der Waals surface area contributed by atoms with Crippen molar-refractivity contribution in [3.63, 3.8) is 0 Å². The van der Waals surface area contributed by atoms with Crippen LogP contribution in [0.1, 0.15) is 24.8 Å². The molecule has 0 bridgehead atoms. The molecule has 2 rings (SSSR count). The van der Waals surface area contributed by atoms with Crippen molar-refractivity contribution in [3.05, 3.63) is 29.8 Å². The molecule has 1 aromatic carbocycles. The number of nitrogens with two attached hydrogens (primary N) is 2. The first-order chi connectivity index (χ1) is 10.2. The third kappa shape index (κ3) is 4.19. The summed E-state index contributed by atoms with van der Waals surface area (Å²) in [5.41, 5.74) is 6.63. The summed E-state index contributed by atoms with van der Waals surface area (Å²) in [6.45, 7) is 3.27. The van der Waals surface area contributed by atoms with Crippen LogP contribution in [-0.2, 0) is 14.9 Å². The van der Waals surface area contributed by atoms with E-state index in [1.54, 1.807) is 7.11 Å². The van der Waals surface area contributed by atoms with E-state index in [0.717, 1.165) is 44.9 Å². The van der Waals surface area contributed by atoms with Crippen LogP contribution in [0.3, 0.4) is 0 Å². The summed E-state index contributed by atoms with van der Waals surface area (Å²) in [5, 5.41) is 2.19. The number of hydrogen-bond acceptors (Lipinski definition) is 3. The normalized spacial score (nSPS) is 17.4. The first-order valence-corrected chi connectivity index (χ1v) is 7.48. The molecule has 116 valence electrons. The van der Waals surface area contributed by atoms with E-state index in [1.165, 1.54) is 5.56 Å². The largest absolute Gasteiger partial charge is 0.497 e. The zero-order valence-electron chi connectivity index (χ0n) is 12.6. The average Bonchev–Trinajstić information content (AvgIpc) is 2.52. The van der Waals surface area contributed by atoms with Crippen molar-refractivity contribution in [2.45, 2.75) is 24.7 Å². The third-order valence-electron chi connectivity index (χ3n) is 4.28. The summed E-state index contributed by atoms with van der Waals surface area (Å²) in [7, 11) is 1.68. The fourth-order valence-corrected chi connectivity index (χ4v) is 2.94. The quantitative estimate of drug-likeness (QED) is 0.704. The molecule has 1 amide bonds. The number of amides is 1. The van der Waals surface area contributed by atoms with Gasteiger partial charge in [0.15, 0.2) is 0 Å². The van der Waals surface area contributed by atoms with Gasteiger partial charge in [0.05, 0.1) is 26.6 Å². The molecule has 0 aliphatic carbocycles. The van der Waals surface area contributed by atoms with E-state index in [-0.39, 0.29) is 11.3 Å². The van der Waals surface area contributed by atoms with E-state index in [4.69, 9.17) is 15.2 Å². The second-order valence-corrected chi connectivity index (χ2v) is 5.62. The van der Waals surface area contributed by atoms with E-state index in [9.17, 15) is 4.79 Å². The van der Waals surface area contributed by atoms with Gasteiger partial charge in [0.2, 0.25) is 5.91 Å². The van der Waals surface area contributed by atoms with Crippen LogP contribution >= 0.6 is 0 Å². The molecule has 0 aromatic heterocycles. The molecule has 4 N–H and O–H groups in total. The van der Waals surface area contributed by atoms with Crippen LogP contribution in [0.4, 0.5) is 0 Å². The van der Waals surface area contributed by atoms with Crippen LogP contribution in [0.5, 0.6) is 5.75 Å². The molecule has 1 heterocycles. The second kappa shape index (κ2) is 7.43. The van der Waals surface area contributed by atoms with E-state index < -0.39 is 0 Å². The van der Waals surface area contributed by atoms with Crippen LogP contribution in [0.2, 0.25) is 0 Å². The zero-order valence-corrected chi connectivity index (χ0v) is 12.6. The molecule has 0 atom stereocenters. The molecule has 0 unspecified atom stereocenters. The van der Waals surface area contributed by atoms with E-state index >= 15 is 0 Å². The van der Waals surface area contributed by atoms with Crippen molar-refractivity contribution in [1.29, 1.82) is 0 Å². The highest BCUT2D eigenvalue weighted by atomic mass is 16.5. The Kier molecular flexibility index (Phi) is 5.59. The minimum Gasteiger partial charge on any atom is -0.497 e. The number of hydrogen-bond donors (Lipinski definition) is 2. The summed E-state index contributed by atoms with van der Waals surface area (Å²) in [5.74, 6) is 0.635.